The summed E-state index contributed by atoms with van der Waals surface area (Å²) in [4.78, 5) is 13.6. The highest BCUT2D eigenvalue weighted by Gasteiger charge is 2.31. The lowest BCUT2D eigenvalue weighted by Gasteiger charge is -2.35. The number of carboxylic acid groups (broad SMARTS) is 1. The maximum absolute atomic E-state index is 11.0. The van der Waals surface area contributed by atoms with Crippen molar-refractivity contribution < 1.29 is 9.90 Å². The molecule has 2 saturated heterocycles. The summed E-state index contributed by atoms with van der Waals surface area (Å²) >= 11 is 0. The van der Waals surface area contributed by atoms with Crippen molar-refractivity contribution in [3.8, 4) is 0 Å². The van der Waals surface area contributed by atoms with Crippen LogP contribution in [0.5, 0.6) is 0 Å². The normalized spacial score (nSPS) is 26.4. The Kier molecular flexibility index (Phi) is 4.03. The van der Waals surface area contributed by atoms with Gasteiger partial charge in [0.1, 0.15) is 0 Å². The van der Waals surface area contributed by atoms with E-state index in [-0.39, 0.29) is 0 Å². The molecule has 20 heavy (non-hydrogen) atoms. The van der Waals surface area contributed by atoms with Crippen LogP contribution < -0.4 is 5.32 Å². The van der Waals surface area contributed by atoms with E-state index in [1.54, 1.807) is 12.1 Å². The lowest BCUT2D eigenvalue weighted by atomic mass is 9.97. The second-order valence-corrected chi connectivity index (χ2v) is 5.94. The van der Waals surface area contributed by atoms with Crippen LogP contribution in [0.1, 0.15) is 41.6 Å². The molecule has 3 rings (SSSR count). The van der Waals surface area contributed by atoms with Crippen molar-refractivity contribution in [3.63, 3.8) is 0 Å². The van der Waals surface area contributed by atoms with E-state index in [2.05, 4.69) is 10.2 Å². The summed E-state index contributed by atoms with van der Waals surface area (Å²) in [6.45, 7) is 3.24. The van der Waals surface area contributed by atoms with Gasteiger partial charge in [-0.1, -0.05) is 12.1 Å². The molecule has 2 fully saturated rings. The van der Waals surface area contributed by atoms with E-state index in [9.17, 15) is 4.79 Å². The lowest BCUT2D eigenvalue weighted by molar-refractivity contribution is 0.0696. The van der Waals surface area contributed by atoms with Gasteiger partial charge in [-0.15, -0.1) is 0 Å². The molecule has 0 bridgehead atoms. The smallest absolute Gasteiger partial charge is 0.335 e. The van der Waals surface area contributed by atoms with Crippen LogP contribution in [0.2, 0.25) is 0 Å². The first-order chi connectivity index (χ1) is 9.72. The van der Waals surface area contributed by atoms with E-state index in [1.807, 2.05) is 12.1 Å². The Morgan fingerprint density at radius 3 is 3.10 bits per heavy atom. The lowest BCUT2D eigenvalue weighted by Crippen LogP contribution is -2.45. The monoisotopic (exact) mass is 274 g/mol. The number of aromatic carboxylic acids is 1. The average Bonchev–Trinajstić information content (AvgIpc) is 2.93. The Morgan fingerprint density at radius 1 is 1.35 bits per heavy atom. The van der Waals surface area contributed by atoms with Crippen LogP contribution >= 0.6 is 0 Å². The van der Waals surface area contributed by atoms with Crippen LogP contribution in [0.4, 0.5) is 0 Å². The highest BCUT2D eigenvalue weighted by Crippen LogP contribution is 2.26. The quantitative estimate of drug-likeness (QED) is 0.883. The van der Waals surface area contributed by atoms with Crippen molar-refractivity contribution in [1.29, 1.82) is 0 Å². The molecule has 0 spiro atoms. The number of carbonyl (C=O) groups is 1. The second-order valence-electron chi connectivity index (χ2n) is 5.94. The summed E-state index contributed by atoms with van der Waals surface area (Å²) < 4.78 is 0. The Labute approximate surface area is 119 Å². The van der Waals surface area contributed by atoms with Gasteiger partial charge in [-0.25, -0.2) is 4.79 Å². The van der Waals surface area contributed by atoms with E-state index < -0.39 is 5.97 Å². The molecule has 2 atom stereocenters. The molecule has 2 heterocycles. The van der Waals surface area contributed by atoms with Crippen molar-refractivity contribution >= 4 is 5.97 Å². The number of nitrogens with one attached hydrogen (secondary N) is 1. The van der Waals surface area contributed by atoms with Crippen LogP contribution in [-0.2, 0) is 6.54 Å². The summed E-state index contributed by atoms with van der Waals surface area (Å²) in [6, 6.07) is 8.56. The minimum atomic E-state index is -0.855. The molecule has 0 aromatic heterocycles. The largest absolute Gasteiger partial charge is 0.478 e. The van der Waals surface area contributed by atoms with Gasteiger partial charge in [0.05, 0.1) is 5.56 Å². The van der Waals surface area contributed by atoms with Crippen molar-refractivity contribution in [1.82, 2.24) is 10.2 Å². The van der Waals surface area contributed by atoms with E-state index in [1.165, 1.54) is 38.8 Å². The van der Waals surface area contributed by atoms with E-state index in [0.29, 0.717) is 11.6 Å². The standard InChI is InChI=1S/C16H22N2O2/c19-16(20)13-4-1-3-12(9-13)11-17-14-6-8-18-7-2-5-15(18)10-14/h1,3-4,9,14-15,17H,2,5-8,10-11H2,(H,19,20). The van der Waals surface area contributed by atoms with Gasteiger partial charge < -0.3 is 15.3 Å². The molecule has 0 saturated carbocycles. The van der Waals surface area contributed by atoms with Gasteiger partial charge in [0.25, 0.3) is 0 Å². The number of rotatable bonds is 4. The van der Waals surface area contributed by atoms with Crippen LogP contribution in [-0.4, -0.2) is 41.1 Å². The molecule has 4 heteroatoms. The molecule has 2 aliphatic heterocycles. The zero-order valence-corrected chi connectivity index (χ0v) is 11.7. The van der Waals surface area contributed by atoms with E-state index in [4.69, 9.17) is 5.11 Å². The molecular weight excluding hydrogens is 252 g/mol. The third-order valence-electron chi connectivity index (χ3n) is 4.59. The van der Waals surface area contributed by atoms with E-state index >= 15 is 0 Å². The molecule has 0 radical (unpaired) electrons. The topological polar surface area (TPSA) is 52.6 Å². The zero-order valence-electron chi connectivity index (χ0n) is 11.7. The minimum absolute atomic E-state index is 0.370. The fourth-order valence-electron chi connectivity index (χ4n) is 3.49. The fourth-order valence-corrected chi connectivity index (χ4v) is 3.49. The molecule has 1 aromatic carbocycles. The second kappa shape index (κ2) is 5.94. The van der Waals surface area contributed by atoms with Crippen molar-refractivity contribution in [2.75, 3.05) is 13.1 Å². The number of hydrogen-bond donors (Lipinski definition) is 2. The van der Waals surface area contributed by atoms with Gasteiger partial charge >= 0.3 is 5.97 Å². The van der Waals surface area contributed by atoms with Crippen LogP contribution in [0.15, 0.2) is 24.3 Å². The number of piperidine rings is 1. The number of carboxylic acids is 1. The highest BCUT2D eigenvalue weighted by molar-refractivity contribution is 5.87. The Bertz CT molecular complexity index is 489. The summed E-state index contributed by atoms with van der Waals surface area (Å²) in [5.74, 6) is -0.855. The number of hydrogen-bond acceptors (Lipinski definition) is 3. The van der Waals surface area contributed by atoms with Crippen molar-refractivity contribution in [2.45, 2.75) is 44.3 Å². The highest BCUT2D eigenvalue weighted by atomic mass is 16.4. The first-order valence-electron chi connectivity index (χ1n) is 7.52. The van der Waals surface area contributed by atoms with Crippen LogP contribution in [0.25, 0.3) is 0 Å². The molecule has 1 aromatic rings. The Hall–Kier alpha value is -1.39. The molecular formula is C16H22N2O2. The van der Waals surface area contributed by atoms with Gasteiger partial charge in [-0.2, -0.15) is 0 Å². The minimum Gasteiger partial charge on any atom is -0.478 e. The SMILES string of the molecule is O=C(O)c1cccc(CNC2CCN3CCCC3C2)c1. The summed E-state index contributed by atoms with van der Waals surface area (Å²) in [5.41, 5.74) is 1.42. The molecule has 4 nitrogen and oxygen atoms in total. The average molecular weight is 274 g/mol. The van der Waals surface area contributed by atoms with Gasteiger partial charge in [0.15, 0.2) is 0 Å². The van der Waals surface area contributed by atoms with Gasteiger partial charge in [0, 0.05) is 18.6 Å². The molecule has 0 amide bonds. The number of fused-ring (bicyclic) bond motifs is 1. The zero-order chi connectivity index (χ0) is 13.9. The summed E-state index contributed by atoms with van der Waals surface area (Å²) in [5, 5.41) is 12.6. The maximum atomic E-state index is 11.0. The predicted molar refractivity (Wildman–Crippen MR) is 77.9 cm³/mol. The van der Waals surface area contributed by atoms with E-state index in [0.717, 1.165) is 18.2 Å². The number of nitrogens with zero attached hydrogens (tertiary/aromatic N) is 1. The van der Waals surface area contributed by atoms with Gasteiger partial charge in [0.2, 0.25) is 0 Å². The Morgan fingerprint density at radius 2 is 2.25 bits per heavy atom. The maximum Gasteiger partial charge on any atom is 0.335 e. The molecule has 2 aliphatic rings. The van der Waals surface area contributed by atoms with Crippen molar-refractivity contribution in [3.05, 3.63) is 35.4 Å². The first kappa shape index (κ1) is 13.6. The molecule has 108 valence electrons. The summed E-state index contributed by atoms with van der Waals surface area (Å²) in [7, 11) is 0. The Balaban J connectivity index is 1.54. The molecule has 0 aliphatic carbocycles. The fraction of sp³-hybridized carbons (Fsp3) is 0.562. The third-order valence-corrected chi connectivity index (χ3v) is 4.59. The van der Waals surface area contributed by atoms with Gasteiger partial charge in [-0.3, -0.25) is 0 Å². The summed E-state index contributed by atoms with van der Waals surface area (Å²) in [6.07, 6.45) is 5.12. The third kappa shape index (κ3) is 3.02. The van der Waals surface area contributed by atoms with Crippen LogP contribution in [0.3, 0.4) is 0 Å². The number of benzene rings is 1. The first-order valence-corrected chi connectivity index (χ1v) is 7.52. The van der Waals surface area contributed by atoms with Crippen LogP contribution in [0, 0.1) is 0 Å². The van der Waals surface area contributed by atoms with Crippen molar-refractivity contribution in [2.24, 2.45) is 0 Å². The predicted octanol–water partition coefficient (Wildman–Crippen LogP) is 2.10. The molecule has 2 N–H and O–H groups in total. The van der Waals surface area contributed by atoms with Gasteiger partial charge in [-0.05, 0) is 56.5 Å². The molecule has 2 unspecified atom stereocenters.